The van der Waals surface area contributed by atoms with E-state index < -0.39 is 5.41 Å². The highest BCUT2D eigenvalue weighted by atomic mass is 32.1. The number of anilines is 1. The van der Waals surface area contributed by atoms with Crippen LogP contribution in [0, 0.1) is 0 Å². The number of hydrogen-bond donors (Lipinski definition) is 0. The smallest absolute Gasteiger partial charge is 0.241 e. The largest absolute Gasteiger partial charge is 0.353 e. The molecule has 3 aromatic rings. The minimum absolute atomic E-state index is 0.00782. The number of carbonyl (C=O) groups is 3. The van der Waals surface area contributed by atoms with Gasteiger partial charge >= 0.3 is 0 Å². The number of hydrogen-bond acceptors (Lipinski definition) is 6. The molecule has 1 unspecified atom stereocenters. The van der Waals surface area contributed by atoms with Gasteiger partial charge in [-0.2, -0.15) is 0 Å². The molecule has 2 aliphatic rings. The van der Waals surface area contributed by atoms with Gasteiger partial charge in [0, 0.05) is 50.1 Å². The third-order valence-electron chi connectivity index (χ3n) is 6.69. The summed E-state index contributed by atoms with van der Waals surface area (Å²) in [5.41, 5.74) is -0.437. The average Bonchev–Trinajstić information content (AvgIpc) is 3.48. The molecule has 8 heteroatoms. The van der Waals surface area contributed by atoms with Crippen molar-refractivity contribution in [3.63, 3.8) is 0 Å². The first kappa shape index (κ1) is 22.3. The molecule has 0 spiro atoms. The van der Waals surface area contributed by atoms with Gasteiger partial charge in [-0.05, 0) is 29.1 Å². The van der Waals surface area contributed by atoms with E-state index in [0.29, 0.717) is 26.2 Å². The summed E-state index contributed by atoms with van der Waals surface area (Å²) in [6, 6.07) is 18.9. The summed E-state index contributed by atoms with van der Waals surface area (Å²) in [5, 5.41) is 1.93. The number of thiophene rings is 1. The van der Waals surface area contributed by atoms with Crippen LogP contribution in [0.4, 0.5) is 5.82 Å². The van der Waals surface area contributed by atoms with Gasteiger partial charge in [0.15, 0.2) is 0 Å². The Labute approximate surface area is 202 Å². The second-order valence-corrected chi connectivity index (χ2v) is 9.75. The maximum Gasteiger partial charge on any atom is 0.241 e. The predicted molar refractivity (Wildman–Crippen MR) is 130 cm³/mol. The van der Waals surface area contributed by atoms with E-state index in [2.05, 4.69) is 9.88 Å². The summed E-state index contributed by atoms with van der Waals surface area (Å²) in [7, 11) is 0. The Balaban J connectivity index is 1.35. The van der Waals surface area contributed by atoms with E-state index >= 15 is 0 Å². The van der Waals surface area contributed by atoms with E-state index in [1.165, 1.54) is 16.2 Å². The van der Waals surface area contributed by atoms with E-state index in [0.717, 1.165) is 16.3 Å². The maximum atomic E-state index is 13.7. The lowest BCUT2D eigenvalue weighted by atomic mass is 9.75. The molecule has 5 rings (SSSR count). The van der Waals surface area contributed by atoms with Gasteiger partial charge in [-0.25, -0.2) is 4.98 Å². The van der Waals surface area contributed by atoms with Crippen molar-refractivity contribution in [1.29, 1.82) is 0 Å². The van der Waals surface area contributed by atoms with Gasteiger partial charge in [0.1, 0.15) is 5.82 Å². The summed E-state index contributed by atoms with van der Waals surface area (Å²) < 4.78 is 0. The van der Waals surface area contributed by atoms with Crippen molar-refractivity contribution >= 4 is 34.9 Å². The fourth-order valence-corrected chi connectivity index (χ4v) is 5.53. The Bertz CT molecular complexity index is 1160. The van der Waals surface area contributed by atoms with Crippen molar-refractivity contribution in [2.24, 2.45) is 0 Å². The van der Waals surface area contributed by atoms with Crippen LogP contribution in [0.2, 0.25) is 0 Å². The number of carbonyl (C=O) groups excluding carboxylic acids is 3. The Kier molecular flexibility index (Phi) is 6.15. The van der Waals surface area contributed by atoms with Gasteiger partial charge in [0.2, 0.25) is 17.7 Å². The molecular weight excluding hydrogens is 448 g/mol. The Morgan fingerprint density at radius 1 is 0.941 bits per heavy atom. The lowest BCUT2D eigenvalue weighted by Crippen LogP contribution is -2.51. The molecule has 1 aromatic carbocycles. The molecular formula is C26H26N4O3S. The second-order valence-electron chi connectivity index (χ2n) is 8.72. The van der Waals surface area contributed by atoms with Crippen LogP contribution in [0.1, 0.15) is 23.3 Å². The Morgan fingerprint density at radius 2 is 1.71 bits per heavy atom. The molecule has 3 amide bonds. The third kappa shape index (κ3) is 4.21. The molecule has 1 atom stereocenters. The first-order valence-corrected chi connectivity index (χ1v) is 12.3. The molecule has 7 nitrogen and oxygen atoms in total. The van der Waals surface area contributed by atoms with E-state index in [-0.39, 0.29) is 37.1 Å². The molecule has 2 aromatic heterocycles. The zero-order chi connectivity index (χ0) is 23.5. The fraction of sp³-hybridized carbons (Fsp3) is 0.308. The summed E-state index contributed by atoms with van der Waals surface area (Å²) in [5.74, 6) is 0.299. The first-order chi connectivity index (χ1) is 16.6. The molecule has 0 saturated carbocycles. The van der Waals surface area contributed by atoms with Crippen molar-refractivity contribution in [2.75, 3.05) is 31.1 Å². The summed E-state index contributed by atoms with van der Waals surface area (Å²) in [6.45, 7) is 2.72. The number of nitrogens with zero attached hydrogens (tertiary/aromatic N) is 4. The first-order valence-electron chi connectivity index (χ1n) is 11.4. The Hall–Kier alpha value is -3.52. The van der Waals surface area contributed by atoms with E-state index in [1.54, 1.807) is 6.20 Å². The number of pyridine rings is 1. The average molecular weight is 475 g/mol. The van der Waals surface area contributed by atoms with E-state index in [9.17, 15) is 14.4 Å². The van der Waals surface area contributed by atoms with Crippen LogP contribution in [0.15, 0.2) is 72.2 Å². The zero-order valence-electron chi connectivity index (χ0n) is 18.8. The lowest BCUT2D eigenvalue weighted by Gasteiger charge is -2.37. The predicted octanol–water partition coefficient (Wildman–Crippen LogP) is 3.08. The highest BCUT2D eigenvalue weighted by Crippen LogP contribution is 2.41. The van der Waals surface area contributed by atoms with E-state index in [4.69, 9.17) is 0 Å². The van der Waals surface area contributed by atoms with Crippen LogP contribution in [0.3, 0.4) is 0 Å². The molecule has 0 bridgehead atoms. The topological polar surface area (TPSA) is 73.8 Å². The van der Waals surface area contributed by atoms with Gasteiger partial charge in [0.25, 0.3) is 0 Å². The van der Waals surface area contributed by atoms with Crippen LogP contribution < -0.4 is 4.90 Å². The second kappa shape index (κ2) is 9.38. The SMILES string of the molecule is O=C(CC1(c2ccccc2)CC(=O)N(Cc2cccs2)C1=O)N1CCN(c2ccccn2)CC1. The molecule has 174 valence electrons. The van der Waals surface area contributed by atoms with Gasteiger partial charge in [-0.3, -0.25) is 19.3 Å². The van der Waals surface area contributed by atoms with E-state index in [1.807, 2.05) is 70.9 Å². The number of amides is 3. The minimum atomic E-state index is -1.16. The minimum Gasteiger partial charge on any atom is -0.353 e. The maximum absolute atomic E-state index is 13.7. The van der Waals surface area contributed by atoms with Gasteiger partial charge < -0.3 is 9.80 Å². The van der Waals surface area contributed by atoms with Crippen LogP contribution in [0.25, 0.3) is 0 Å². The monoisotopic (exact) mass is 474 g/mol. The third-order valence-corrected chi connectivity index (χ3v) is 7.55. The Morgan fingerprint density at radius 3 is 2.38 bits per heavy atom. The van der Waals surface area contributed by atoms with Crippen LogP contribution in [-0.2, 0) is 26.3 Å². The normalized spacial score (nSPS) is 20.8. The quantitative estimate of drug-likeness (QED) is 0.514. The zero-order valence-corrected chi connectivity index (χ0v) is 19.6. The molecule has 0 N–H and O–H groups in total. The highest BCUT2D eigenvalue weighted by molar-refractivity contribution is 7.09. The van der Waals surface area contributed by atoms with Crippen LogP contribution in [0.5, 0.6) is 0 Å². The molecule has 4 heterocycles. The number of benzene rings is 1. The fourth-order valence-electron chi connectivity index (χ4n) is 4.84. The highest BCUT2D eigenvalue weighted by Gasteiger charge is 2.54. The van der Waals surface area contributed by atoms with Crippen molar-refractivity contribution in [3.8, 4) is 0 Å². The van der Waals surface area contributed by atoms with Crippen LogP contribution >= 0.6 is 11.3 Å². The number of likely N-dealkylation sites (tertiary alicyclic amines) is 1. The van der Waals surface area contributed by atoms with Crippen LogP contribution in [-0.4, -0.2) is 58.7 Å². The van der Waals surface area contributed by atoms with Gasteiger partial charge in [-0.15, -0.1) is 11.3 Å². The number of rotatable bonds is 6. The molecule has 34 heavy (non-hydrogen) atoms. The van der Waals surface area contributed by atoms with Gasteiger partial charge in [-0.1, -0.05) is 42.5 Å². The van der Waals surface area contributed by atoms with Crippen molar-refractivity contribution in [1.82, 2.24) is 14.8 Å². The van der Waals surface area contributed by atoms with Gasteiger partial charge in [0.05, 0.1) is 12.0 Å². The van der Waals surface area contributed by atoms with Crippen molar-refractivity contribution in [2.45, 2.75) is 24.8 Å². The summed E-state index contributed by atoms with van der Waals surface area (Å²) in [4.78, 5) is 50.9. The van der Waals surface area contributed by atoms with Crippen molar-refractivity contribution < 1.29 is 14.4 Å². The van der Waals surface area contributed by atoms with Crippen molar-refractivity contribution in [3.05, 3.63) is 82.7 Å². The number of piperazine rings is 1. The standard InChI is InChI=1S/C26H26N4O3S/c31-23(29-14-12-28(13-15-29)22-10-4-5-11-27-22)17-26(20-7-2-1-3-8-20)18-24(32)30(25(26)33)19-21-9-6-16-34-21/h1-11,16H,12-15,17-19H2. The summed E-state index contributed by atoms with van der Waals surface area (Å²) >= 11 is 1.51. The molecule has 2 fully saturated rings. The lowest BCUT2D eigenvalue weighted by molar-refractivity contribution is -0.143. The molecule has 2 saturated heterocycles. The number of imide groups is 1. The number of aromatic nitrogens is 1. The summed E-state index contributed by atoms with van der Waals surface area (Å²) in [6.07, 6.45) is 1.77. The molecule has 0 radical (unpaired) electrons. The molecule has 2 aliphatic heterocycles. The molecule has 0 aliphatic carbocycles.